The number of carboxylic acid groups (broad SMARTS) is 2. The van der Waals surface area contributed by atoms with Crippen LogP contribution >= 0.6 is 0 Å². The summed E-state index contributed by atoms with van der Waals surface area (Å²) in [5.41, 5.74) is 0.278. The van der Waals surface area contributed by atoms with Crippen molar-refractivity contribution in [3.05, 3.63) is 71.7 Å². The van der Waals surface area contributed by atoms with E-state index in [0.717, 1.165) is 25.3 Å². The van der Waals surface area contributed by atoms with Gasteiger partial charge in [0.05, 0.1) is 18.2 Å². The Bertz CT molecular complexity index is 1720. The third-order valence-corrected chi connectivity index (χ3v) is 9.30. The Morgan fingerprint density at radius 2 is 1.77 bits per heavy atom. The van der Waals surface area contributed by atoms with Crippen LogP contribution in [0.3, 0.4) is 0 Å². The number of carbonyl (C=O) groups excluding carboxylic acids is 2. The molecule has 2 aromatic carbocycles. The van der Waals surface area contributed by atoms with Crippen molar-refractivity contribution in [3.8, 4) is 5.75 Å². The summed E-state index contributed by atoms with van der Waals surface area (Å²) in [7, 11) is -4.69. The highest BCUT2D eigenvalue weighted by atomic mass is 32.2. The van der Waals surface area contributed by atoms with Gasteiger partial charge in [0, 0.05) is 6.42 Å². The molecule has 1 aliphatic rings. The van der Waals surface area contributed by atoms with Crippen LogP contribution in [0.1, 0.15) is 80.0 Å². The number of carbonyl (C=O) groups is 4. The molecule has 3 amide bonds. The summed E-state index contributed by atoms with van der Waals surface area (Å²) in [5, 5.41) is 22.1. The van der Waals surface area contributed by atoms with E-state index in [1.165, 1.54) is 24.4 Å². The normalized spacial score (nSPS) is 20.0. The number of aromatic nitrogens is 2. The average molecular weight is 672 g/mol. The summed E-state index contributed by atoms with van der Waals surface area (Å²) in [6.45, 7) is 3.58. The first kappa shape index (κ1) is 35.3. The molecule has 1 fully saturated rings. The van der Waals surface area contributed by atoms with Crippen LogP contribution in [-0.2, 0) is 26.1 Å². The molecule has 14 nitrogen and oxygen atoms in total. The van der Waals surface area contributed by atoms with E-state index in [0.29, 0.717) is 24.2 Å². The highest BCUT2D eigenvalue weighted by molar-refractivity contribution is 7.86. The number of hydrogen-bond acceptors (Lipinski definition) is 8. The SMILES string of the molecule is CCCCCC[C@@H](C(=O)[N@@+]1(C(=O)O)C[C@H](Oc2ccc(CC(=O)O)cc2)C[C@H]1C)c1ncc(NC(=O)c2ccccc2S(=O)(=O)O)[nH]1. The lowest BCUT2D eigenvalue weighted by molar-refractivity contribution is -0.794. The Morgan fingerprint density at radius 1 is 1.06 bits per heavy atom. The highest BCUT2D eigenvalue weighted by Crippen LogP contribution is 2.37. The second-order valence-corrected chi connectivity index (χ2v) is 13.1. The quantitative estimate of drug-likeness (QED) is 0.0887. The van der Waals surface area contributed by atoms with Crippen LogP contribution in [0.25, 0.3) is 0 Å². The Balaban J connectivity index is 1.58. The Hall–Kier alpha value is -4.60. The van der Waals surface area contributed by atoms with Gasteiger partial charge in [-0.3, -0.25) is 14.1 Å². The van der Waals surface area contributed by atoms with Crippen molar-refractivity contribution in [1.82, 2.24) is 9.97 Å². The van der Waals surface area contributed by atoms with Crippen molar-refractivity contribution >= 4 is 39.8 Å². The topological polar surface area (TPSA) is 213 Å². The van der Waals surface area contributed by atoms with E-state index < -0.39 is 61.4 Å². The van der Waals surface area contributed by atoms with Gasteiger partial charge in [-0.25, -0.2) is 9.78 Å². The van der Waals surface area contributed by atoms with Gasteiger partial charge >= 0.3 is 18.0 Å². The second-order valence-electron chi connectivity index (χ2n) is 11.7. The molecule has 3 aromatic rings. The minimum atomic E-state index is -4.69. The van der Waals surface area contributed by atoms with Gasteiger partial charge in [0.25, 0.3) is 16.0 Å². The number of amides is 3. The van der Waals surface area contributed by atoms with E-state index in [-0.39, 0.29) is 36.6 Å². The molecule has 0 unspecified atom stereocenters. The molecule has 1 aliphatic heterocycles. The molecular weight excluding hydrogens is 632 g/mol. The van der Waals surface area contributed by atoms with Crippen LogP contribution in [0, 0.1) is 0 Å². The number of quaternary nitrogens is 1. The van der Waals surface area contributed by atoms with E-state index in [9.17, 15) is 37.3 Å². The number of anilines is 1. The lowest BCUT2D eigenvalue weighted by Gasteiger charge is -2.32. The molecule has 0 aliphatic carbocycles. The Labute approximate surface area is 272 Å². The number of benzene rings is 2. The zero-order valence-electron chi connectivity index (χ0n) is 26.1. The van der Waals surface area contributed by atoms with Gasteiger partial charge in [-0.2, -0.15) is 17.7 Å². The van der Waals surface area contributed by atoms with Gasteiger partial charge in [-0.15, -0.1) is 0 Å². The van der Waals surface area contributed by atoms with Crippen LogP contribution in [-0.4, -0.2) is 80.2 Å². The molecule has 1 saturated heterocycles. The maximum absolute atomic E-state index is 14.4. The monoisotopic (exact) mass is 671 g/mol. The fraction of sp³-hybridized carbons (Fsp3) is 0.406. The Kier molecular flexibility index (Phi) is 11.2. The summed E-state index contributed by atoms with van der Waals surface area (Å²) < 4.78 is 38.3. The van der Waals surface area contributed by atoms with Crippen molar-refractivity contribution in [3.63, 3.8) is 0 Å². The lowest BCUT2D eigenvalue weighted by Crippen LogP contribution is -2.60. The van der Waals surface area contributed by atoms with E-state index in [1.54, 1.807) is 31.2 Å². The van der Waals surface area contributed by atoms with E-state index in [1.807, 2.05) is 6.92 Å². The van der Waals surface area contributed by atoms with Gasteiger partial charge in [0.1, 0.15) is 40.8 Å². The van der Waals surface area contributed by atoms with Crippen molar-refractivity contribution in [2.75, 3.05) is 11.9 Å². The molecule has 4 atom stereocenters. The molecule has 0 saturated carbocycles. The van der Waals surface area contributed by atoms with Crippen molar-refractivity contribution < 1.29 is 51.6 Å². The molecule has 0 radical (unpaired) electrons. The lowest BCUT2D eigenvalue weighted by atomic mass is 9.96. The molecule has 0 spiro atoms. The molecular formula is C32H39N4O10S+. The number of aliphatic carboxylic acids is 1. The minimum absolute atomic E-state index is 0.0467. The smallest absolute Gasteiger partial charge is 0.484 e. The van der Waals surface area contributed by atoms with E-state index >= 15 is 0 Å². The predicted octanol–water partition coefficient (Wildman–Crippen LogP) is 4.85. The summed E-state index contributed by atoms with van der Waals surface area (Å²) >= 11 is 0. The zero-order chi connectivity index (χ0) is 34.4. The standard InChI is InChI=1S/C32H38N4O10S/c1-3-4-5-6-10-25(29-33-18-27(34-29)35-30(39)24-9-7-8-11-26(24)47(43,44)45)31(40)36(32(41)42)19-23(16-20(36)2)46-22-14-12-21(13-15-22)17-28(37)38/h7-9,11-15,18,20,23,25H,3-6,10,16-17,19H2,1-2H3,(H4-,33,34,35,37,38,39,41,42,43,44,45)/p+1/t20-,23-,25-,36-/m1/s1. The number of carboxylic acids is 1. The number of imide groups is 1. The van der Waals surface area contributed by atoms with Crippen molar-refractivity contribution in [2.45, 2.75) is 81.8 Å². The number of ether oxygens (including phenoxy) is 1. The largest absolute Gasteiger partial charge is 0.521 e. The van der Waals surface area contributed by atoms with Gasteiger partial charge < -0.3 is 25.3 Å². The fourth-order valence-electron chi connectivity index (χ4n) is 6.02. The van der Waals surface area contributed by atoms with Crippen LogP contribution in [0.5, 0.6) is 5.75 Å². The summed E-state index contributed by atoms with van der Waals surface area (Å²) in [4.78, 5) is 57.9. The molecule has 15 heteroatoms. The van der Waals surface area contributed by atoms with Crippen LogP contribution in [0.15, 0.2) is 59.6 Å². The highest BCUT2D eigenvalue weighted by Gasteiger charge is 2.59. The number of rotatable bonds is 14. The number of nitrogens with zero attached hydrogens (tertiary/aromatic N) is 2. The summed E-state index contributed by atoms with van der Waals surface area (Å²) in [6.07, 6.45) is 3.02. The molecule has 1 aromatic heterocycles. The summed E-state index contributed by atoms with van der Waals surface area (Å²) in [6, 6.07) is 10.9. The van der Waals surface area contributed by atoms with Crippen LogP contribution in [0.4, 0.5) is 10.6 Å². The number of imidazole rings is 1. The molecule has 47 heavy (non-hydrogen) atoms. The number of aromatic amines is 1. The maximum Gasteiger partial charge on any atom is 0.521 e. The Morgan fingerprint density at radius 3 is 2.40 bits per heavy atom. The minimum Gasteiger partial charge on any atom is -0.484 e. The first-order chi connectivity index (χ1) is 22.3. The molecule has 5 N–H and O–H groups in total. The average Bonchev–Trinajstić information content (AvgIpc) is 3.61. The fourth-order valence-corrected chi connectivity index (χ4v) is 6.71. The first-order valence-corrected chi connectivity index (χ1v) is 16.8. The second kappa shape index (κ2) is 14.9. The number of unbranched alkanes of at least 4 members (excludes halogenated alkanes) is 3. The summed E-state index contributed by atoms with van der Waals surface area (Å²) in [5.74, 6) is -2.77. The zero-order valence-corrected chi connectivity index (χ0v) is 26.9. The van der Waals surface area contributed by atoms with Gasteiger partial charge in [0.2, 0.25) is 0 Å². The van der Waals surface area contributed by atoms with Gasteiger partial charge in [-0.05, 0) is 43.2 Å². The van der Waals surface area contributed by atoms with E-state index in [4.69, 9.17) is 9.84 Å². The number of hydrogen-bond donors (Lipinski definition) is 5. The van der Waals surface area contributed by atoms with Crippen molar-refractivity contribution in [1.29, 1.82) is 0 Å². The van der Waals surface area contributed by atoms with E-state index in [2.05, 4.69) is 15.3 Å². The van der Waals surface area contributed by atoms with Crippen LogP contribution < -0.4 is 10.1 Å². The molecule has 4 rings (SSSR count). The third kappa shape index (κ3) is 8.22. The molecule has 0 bridgehead atoms. The first-order valence-electron chi connectivity index (χ1n) is 15.3. The number of H-pyrrole nitrogens is 1. The number of likely N-dealkylation sites (tertiary alicyclic amines) is 1. The number of nitrogens with one attached hydrogen (secondary N) is 2. The maximum atomic E-state index is 14.4. The predicted molar refractivity (Wildman–Crippen MR) is 169 cm³/mol. The van der Waals surface area contributed by atoms with Gasteiger partial charge in [0.15, 0.2) is 6.10 Å². The third-order valence-electron chi connectivity index (χ3n) is 8.39. The molecule has 252 valence electrons. The van der Waals surface area contributed by atoms with Crippen molar-refractivity contribution in [2.24, 2.45) is 0 Å². The van der Waals surface area contributed by atoms with Crippen LogP contribution in [0.2, 0.25) is 0 Å². The van der Waals surface area contributed by atoms with Gasteiger partial charge in [-0.1, -0.05) is 56.9 Å². The molecule has 2 heterocycles.